The molecule has 0 amide bonds. The van der Waals surface area contributed by atoms with Crippen LogP contribution in [0.5, 0.6) is 5.75 Å². The van der Waals surface area contributed by atoms with Gasteiger partial charge in [0.2, 0.25) is 0 Å². The zero-order chi connectivity index (χ0) is 13.7. The molecule has 6 heteroatoms. The van der Waals surface area contributed by atoms with Crippen molar-refractivity contribution in [3.8, 4) is 5.75 Å². The summed E-state index contributed by atoms with van der Waals surface area (Å²) >= 11 is 17.6. The van der Waals surface area contributed by atoms with Gasteiger partial charge in [0.25, 0.3) is 0 Å². The number of rotatable bonds is 4. The molecular formula is C12H11Cl3O3. The van der Waals surface area contributed by atoms with Crippen LogP contribution in [0.2, 0.25) is 15.1 Å². The van der Waals surface area contributed by atoms with Gasteiger partial charge in [0.05, 0.1) is 22.2 Å². The minimum atomic E-state index is -0.404. The molecule has 0 N–H and O–H groups in total. The molecule has 98 valence electrons. The normalized spacial score (nSPS) is 11.3. The Hall–Kier alpha value is -0.900. The van der Waals surface area contributed by atoms with Crippen molar-refractivity contribution in [2.45, 2.75) is 6.92 Å². The highest BCUT2D eigenvalue weighted by molar-refractivity contribution is 6.43. The SMILES string of the molecule is COC(=O)C(C)=CCOc1cc(Cl)c(Cl)cc1Cl. The third kappa shape index (κ3) is 4.09. The van der Waals surface area contributed by atoms with Gasteiger partial charge in [-0.15, -0.1) is 0 Å². The smallest absolute Gasteiger partial charge is 0.333 e. The minimum Gasteiger partial charge on any atom is -0.488 e. The Kier molecular flexibility index (Phi) is 5.79. The first kappa shape index (κ1) is 15.2. The first-order valence-corrected chi connectivity index (χ1v) is 6.11. The van der Waals surface area contributed by atoms with Crippen molar-refractivity contribution in [3.05, 3.63) is 38.8 Å². The van der Waals surface area contributed by atoms with Gasteiger partial charge in [0.1, 0.15) is 12.4 Å². The lowest BCUT2D eigenvalue weighted by Crippen LogP contribution is -2.04. The quantitative estimate of drug-likeness (QED) is 0.476. The molecule has 0 aromatic heterocycles. The predicted molar refractivity (Wildman–Crippen MR) is 72.7 cm³/mol. The van der Waals surface area contributed by atoms with E-state index >= 15 is 0 Å². The van der Waals surface area contributed by atoms with Crippen LogP contribution in [-0.2, 0) is 9.53 Å². The fraction of sp³-hybridized carbons (Fsp3) is 0.250. The summed E-state index contributed by atoms with van der Waals surface area (Å²) in [6.45, 7) is 1.81. The lowest BCUT2D eigenvalue weighted by molar-refractivity contribution is -0.136. The Labute approximate surface area is 120 Å². The van der Waals surface area contributed by atoms with E-state index in [4.69, 9.17) is 39.5 Å². The molecule has 0 radical (unpaired) electrons. The van der Waals surface area contributed by atoms with E-state index < -0.39 is 5.97 Å². The number of carbonyl (C=O) groups excluding carboxylic acids is 1. The maximum absolute atomic E-state index is 11.1. The highest BCUT2D eigenvalue weighted by Crippen LogP contribution is 2.33. The van der Waals surface area contributed by atoms with Crippen molar-refractivity contribution in [3.63, 3.8) is 0 Å². The largest absolute Gasteiger partial charge is 0.488 e. The van der Waals surface area contributed by atoms with E-state index in [1.54, 1.807) is 13.0 Å². The van der Waals surface area contributed by atoms with Crippen molar-refractivity contribution in [1.29, 1.82) is 0 Å². The molecule has 0 saturated carbocycles. The minimum absolute atomic E-state index is 0.179. The Morgan fingerprint density at radius 2 is 1.83 bits per heavy atom. The van der Waals surface area contributed by atoms with Crippen LogP contribution in [0, 0.1) is 0 Å². The van der Waals surface area contributed by atoms with Gasteiger partial charge < -0.3 is 9.47 Å². The third-order valence-electron chi connectivity index (χ3n) is 2.11. The summed E-state index contributed by atoms with van der Waals surface area (Å²) in [7, 11) is 1.32. The van der Waals surface area contributed by atoms with E-state index in [-0.39, 0.29) is 6.61 Å². The Morgan fingerprint density at radius 3 is 2.44 bits per heavy atom. The van der Waals surface area contributed by atoms with E-state index in [9.17, 15) is 4.79 Å². The van der Waals surface area contributed by atoms with Crippen LogP contribution in [0.3, 0.4) is 0 Å². The van der Waals surface area contributed by atoms with Crippen molar-refractivity contribution in [1.82, 2.24) is 0 Å². The second-order valence-corrected chi connectivity index (χ2v) is 4.61. The van der Waals surface area contributed by atoms with E-state index in [0.717, 1.165) is 0 Å². The molecule has 0 atom stereocenters. The van der Waals surface area contributed by atoms with Gasteiger partial charge in [-0.25, -0.2) is 4.79 Å². The second-order valence-electron chi connectivity index (χ2n) is 3.39. The van der Waals surface area contributed by atoms with Gasteiger partial charge in [-0.3, -0.25) is 0 Å². The number of hydrogen-bond donors (Lipinski definition) is 0. The summed E-state index contributed by atoms with van der Waals surface area (Å²) in [5.74, 6) is -0.00109. The number of esters is 1. The monoisotopic (exact) mass is 308 g/mol. The third-order valence-corrected chi connectivity index (χ3v) is 3.13. The van der Waals surface area contributed by atoms with Gasteiger partial charge in [-0.05, 0) is 19.1 Å². The molecule has 0 fully saturated rings. The number of hydrogen-bond acceptors (Lipinski definition) is 3. The van der Waals surface area contributed by atoms with Crippen molar-refractivity contribution < 1.29 is 14.3 Å². The molecule has 0 aliphatic heterocycles. The maximum Gasteiger partial charge on any atom is 0.333 e. The number of halogens is 3. The molecule has 0 aliphatic carbocycles. The zero-order valence-electron chi connectivity index (χ0n) is 9.80. The van der Waals surface area contributed by atoms with E-state index in [1.807, 2.05) is 0 Å². The standard InChI is InChI=1S/C12H11Cl3O3/c1-7(12(16)17-2)3-4-18-11-6-9(14)8(13)5-10(11)15/h3,5-6H,4H2,1-2H3. The summed E-state index contributed by atoms with van der Waals surface area (Å²) < 4.78 is 9.92. The van der Waals surface area contributed by atoms with Gasteiger partial charge in [-0.1, -0.05) is 34.8 Å². The summed E-state index contributed by atoms with van der Waals surface area (Å²) in [6, 6.07) is 3.02. The van der Waals surface area contributed by atoms with Crippen LogP contribution in [0.25, 0.3) is 0 Å². The van der Waals surface area contributed by atoms with Crippen LogP contribution in [0.4, 0.5) is 0 Å². The average molecular weight is 310 g/mol. The second kappa shape index (κ2) is 6.88. The highest BCUT2D eigenvalue weighted by atomic mass is 35.5. The summed E-state index contributed by atoms with van der Waals surface area (Å²) in [5, 5.41) is 1.06. The molecule has 3 nitrogen and oxygen atoms in total. The van der Waals surface area contributed by atoms with Crippen LogP contribution < -0.4 is 4.74 Å². The van der Waals surface area contributed by atoms with Crippen molar-refractivity contribution in [2.24, 2.45) is 0 Å². The summed E-state index contributed by atoms with van der Waals surface area (Å²) in [4.78, 5) is 11.1. The van der Waals surface area contributed by atoms with Gasteiger partial charge in [0, 0.05) is 11.6 Å². The molecule has 0 saturated heterocycles. The molecule has 0 aliphatic rings. The first-order chi connectivity index (χ1) is 8.45. The summed E-state index contributed by atoms with van der Waals surface area (Å²) in [6.07, 6.45) is 1.59. The molecule has 1 aromatic carbocycles. The topological polar surface area (TPSA) is 35.5 Å². The highest BCUT2D eigenvalue weighted by Gasteiger charge is 2.07. The number of ether oxygens (including phenoxy) is 2. The molecule has 0 bridgehead atoms. The fourth-order valence-electron chi connectivity index (χ4n) is 1.12. The molecular weight excluding hydrogens is 298 g/mol. The van der Waals surface area contributed by atoms with E-state index in [2.05, 4.69) is 4.74 Å². The van der Waals surface area contributed by atoms with Crippen LogP contribution in [-0.4, -0.2) is 19.7 Å². The summed E-state index contributed by atoms with van der Waals surface area (Å²) in [5.41, 5.74) is 0.452. The van der Waals surface area contributed by atoms with Gasteiger partial charge in [-0.2, -0.15) is 0 Å². The van der Waals surface area contributed by atoms with Gasteiger partial charge >= 0.3 is 5.97 Å². The van der Waals surface area contributed by atoms with Crippen LogP contribution in [0.1, 0.15) is 6.92 Å². The van der Waals surface area contributed by atoms with Crippen molar-refractivity contribution >= 4 is 40.8 Å². The molecule has 0 heterocycles. The maximum atomic E-state index is 11.1. The molecule has 1 aromatic rings. The number of benzene rings is 1. The molecule has 0 unspecified atom stereocenters. The fourth-order valence-corrected chi connectivity index (χ4v) is 1.71. The first-order valence-electron chi connectivity index (χ1n) is 4.98. The Balaban J connectivity index is 2.70. The van der Waals surface area contributed by atoms with Crippen LogP contribution >= 0.6 is 34.8 Å². The lowest BCUT2D eigenvalue weighted by Gasteiger charge is -2.07. The van der Waals surface area contributed by atoms with Gasteiger partial charge in [0.15, 0.2) is 0 Å². The Bertz CT molecular complexity index is 484. The van der Waals surface area contributed by atoms with Crippen LogP contribution in [0.15, 0.2) is 23.8 Å². The number of methoxy groups -OCH3 is 1. The van der Waals surface area contributed by atoms with E-state index in [0.29, 0.717) is 26.4 Å². The Morgan fingerprint density at radius 1 is 1.22 bits per heavy atom. The molecule has 1 rings (SSSR count). The molecule has 0 spiro atoms. The average Bonchev–Trinajstić information content (AvgIpc) is 2.34. The lowest BCUT2D eigenvalue weighted by atomic mass is 10.3. The predicted octanol–water partition coefficient (Wildman–Crippen LogP) is 4.14. The van der Waals surface area contributed by atoms with E-state index in [1.165, 1.54) is 19.2 Å². The molecule has 18 heavy (non-hydrogen) atoms. The zero-order valence-corrected chi connectivity index (χ0v) is 12.1. The number of carbonyl (C=O) groups is 1. The van der Waals surface area contributed by atoms with Crippen molar-refractivity contribution in [2.75, 3.05) is 13.7 Å².